The largest absolute Gasteiger partial charge is 0.390 e. The first-order chi connectivity index (χ1) is 9.47. The molecule has 0 aliphatic heterocycles. The van der Waals surface area contributed by atoms with Gasteiger partial charge >= 0.3 is 5.69 Å². The fourth-order valence-electron chi connectivity index (χ4n) is 2.16. The highest BCUT2D eigenvalue weighted by Gasteiger charge is 2.22. The summed E-state index contributed by atoms with van der Waals surface area (Å²) in [7, 11) is 0. The third kappa shape index (κ3) is 4.57. The molecule has 7 heteroatoms. The SMILES string of the molecule is CCCCCNCC(O)Cn1nc(C)c([N+](=O)[O-])c1C. The highest BCUT2D eigenvalue weighted by atomic mass is 16.6. The van der Waals surface area contributed by atoms with Crippen LogP contribution in [-0.2, 0) is 6.54 Å². The van der Waals surface area contributed by atoms with Gasteiger partial charge in [0.2, 0.25) is 0 Å². The topological polar surface area (TPSA) is 93.2 Å². The predicted octanol–water partition coefficient (Wildman–Crippen LogP) is 1.55. The molecule has 0 bridgehead atoms. The summed E-state index contributed by atoms with van der Waals surface area (Å²) in [5.41, 5.74) is 0.904. The molecule has 2 N–H and O–H groups in total. The number of unbranched alkanes of at least 4 members (excludes halogenated alkanes) is 2. The van der Waals surface area contributed by atoms with Gasteiger partial charge in [0.1, 0.15) is 11.4 Å². The molecule has 0 aliphatic rings. The molecule has 0 aliphatic carbocycles. The van der Waals surface area contributed by atoms with Gasteiger partial charge in [-0.1, -0.05) is 19.8 Å². The zero-order valence-corrected chi connectivity index (χ0v) is 12.4. The van der Waals surface area contributed by atoms with Crippen LogP contribution in [0.1, 0.15) is 37.6 Å². The van der Waals surface area contributed by atoms with E-state index < -0.39 is 11.0 Å². The van der Waals surface area contributed by atoms with Crippen LogP contribution < -0.4 is 5.32 Å². The second-order valence-corrected chi connectivity index (χ2v) is 5.02. The average Bonchev–Trinajstić information content (AvgIpc) is 2.64. The summed E-state index contributed by atoms with van der Waals surface area (Å²) in [5, 5.41) is 28.1. The van der Waals surface area contributed by atoms with E-state index >= 15 is 0 Å². The van der Waals surface area contributed by atoms with Crippen molar-refractivity contribution in [1.29, 1.82) is 0 Å². The molecule has 0 spiro atoms. The lowest BCUT2D eigenvalue weighted by Crippen LogP contribution is -2.31. The van der Waals surface area contributed by atoms with Gasteiger partial charge in [-0.2, -0.15) is 5.10 Å². The van der Waals surface area contributed by atoms with E-state index in [4.69, 9.17) is 0 Å². The van der Waals surface area contributed by atoms with E-state index in [9.17, 15) is 15.2 Å². The number of nitrogens with one attached hydrogen (secondary N) is 1. The summed E-state index contributed by atoms with van der Waals surface area (Å²) >= 11 is 0. The van der Waals surface area contributed by atoms with Crippen molar-refractivity contribution in [2.45, 2.75) is 52.7 Å². The van der Waals surface area contributed by atoms with E-state index in [0.29, 0.717) is 17.9 Å². The Balaban J connectivity index is 2.48. The maximum absolute atomic E-state index is 10.9. The monoisotopic (exact) mass is 284 g/mol. The van der Waals surface area contributed by atoms with E-state index in [1.54, 1.807) is 13.8 Å². The number of rotatable bonds is 9. The summed E-state index contributed by atoms with van der Waals surface area (Å²) in [4.78, 5) is 10.5. The van der Waals surface area contributed by atoms with E-state index in [-0.39, 0.29) is 12.2 Å². The summed E-state index contributed by atoms with van der Waals surface area (Å²) < 4.78 is 1.51. The molecule has 0 amide bonds. The number of aryl methyl sites for hydroxylation is 1. The Morgan fingerprint density at radius 1 is 1.45 bits per heavy atom. The molecule has 1 heterocycles. The standard InChI is InChI=1S/C13H24N4O3/c1-4-5-6-7-14-8-12(18)9-16-11(3)13(17(19)20)10(2)15-16/h12,14,18H,4-9H2,1-3H3. The Morgan fingerprint density at radius 3 is 2.70 bits per heavy atom. The van der Waals surface area contributed by atoms with Crippen molar-refractivity contribution in [3.8, 4) is 0 Å². The Hall–Kier alpha value is -1.47. The van der Waals surface area contributed by atoms with Crippen LogP contribution in [0, 0.1) is 24.0 Å². The van der Waals surface area contributed by atoms with Gasteiger partial charge < -0.3 is 10.4 Å². The van der Waals surface area contributed by atoms with Crippen LogP contribution in [0.3, 0.4) is 0 Å². The second-order valence-electron chi connectivity index (χ2n) is 5.02. The van der Waals surface area contributed by atoms with Crippen molar-refractivity contribution in [2.24, 2.45) is 0 Å². The number of aromatic nitrogens is 2. The molecule has 1 aromatic heterocycles. The van der Waals surface area contributed by atoms with Crippen LogP contribution in [0.5, 0.6) is 0 Å². The molecular weight excluding hydrogens is 260 g/mol. The minimum absolute atomic E-state index is 0.0353. The van der Waals surface area contributed by atoms with Crippen LogP contribution in [0.2, 0.25) is 0 Å². The van der Waals surface area contributed by atoms with E-state index in [2.05, 4.69) is 17.3 Å². The molecule has 0 saturated carbocycles. The van der Waals surface area contributed by atoms with Crippen LogP contribution in [0.15, 0.2) is 0 Å². The minimum atomic E-state index is -0.603. The van der Waals surface area contributed by atoms with Crippen LogP contribution in [0.25, 0.3) is 0 Å². The molecular formula is C13H24N4O3. The molecule has 7 nitrogen and oxygen atoms in total. The first-order valence-electron chi connectivity index (χ1n) is 7.04. The van der Waals surface area contributed by atoms with Gasteiger partial charge in [-0.25, -0.2) is 0 Å². The quantitative estimate of drug-likeness (QED) is 0.407. The summed E-state index contributed by atoms with van der Waals surface area (Å²) in [5.74, 6) is 0. The second kappa shape index (κ2) is 7.96. The molecule has 1 unspecified atom stereocenters. The molecule has 20 heavy (non-hydrogen) atoms. The molecule has 114 valence electrons. The smallest absolute Gasteiger partial charge is 0.312 e. The zero-order valence-electron chi connectivity index (χ0n) is 12.4. The summed E-state index contributed by atoms with van der Waals surface area (Å²) in [6, 6.07) is 0. The zero-order chi connectivity index (χ0) is 15.1. The lowest BCUT2D eigenvalue weighted by Gasteiger charge is -2.12. The Labute approximate surface area is 119 Å². The van der Waals surface area contributed by atoms with Crippen molar-refractivity contribution in [1.82, 2.24) is 15.1 Å². The molecule has 1 aromatic rings. The highest BCUT2D eigenvalue weighted by molar-refractivity contribution is 5.39. The van der Waals surface area contributed by atoms with E-state index in [0.717, 1.165) is 13.0 Å². The van der Waals surface area contributed by atoms with Gasteiger partial charge in [-0.3, -0.25) is 14.8 Å². The van der Waals surface area contributed by atoms with Gasteiger partial charge in [-0.05, 0) is 26.8 Å². The van der Waals surface area contributed by atoms with Crippen molar-refractivity contribution in [3.63, 3.8) is 0 Å². The molecule has 1 rings (SSSR count). The minimum Gasteiger partial charge on any atom is -0.390 e. The third-order valence-electron chi connectivity index (χ3n) is 3.25. The maximum Gasteiger partial charge on any atom is 0.312 e. The number of nitrogens with zero attached hydrogens (tertiary/aromatic N) is 3. The van der Waals surface area contributed by atoms with Crippen molar-refractivity contribution in [2.75, 3.05) is 13.1 Å². The summed E-state index contributed by atoms with van der Waals surface area (Å²) in [6.45, 7) is 7.01. The first kappa shape index (κ1) is 16.6. The number of nitro groups is 1. The van der Waals surface area contributed by atoms with E-state index in [1.165, 1.54) is 17.5 Å². The normalized spacial score (nSPS) is 12.6. The molecule has 1 atom stereocenters. The summed E-state index contributed by atoms with van der Waals surface area (Å²) in [6.07, 6.45) is 2.83. The third-order valence-corrected chi connectivity index (χ3v) is 3.25. The average molecular weight is 284 g/mol. The molecule has 0 fully saturated rings. The number of aliphatic hydroxyl groups is 1. The Kier molecular flexibility index (Phi) is 6.60. The van der Waals surface area contributed by atoms with Crippen molar-refractivity contribution < 1.29 is 10.0 Å². The number of hydrogen-bond acceptors (Lipinski definition) is 5. The van der Waals surface area contributed by atoms with Crippen LogP contribution in [0.4, 0.5) is 5.69 Å². The van der Waals surface area contributed by atoms with Crippen LogP contribution in [-0.4, -0.2) is 39.0 Å². The van der Waals surface area contributed by atoms with Gasteiger partial charge in [-0.15, -0.1) is 0 Å². The van der Waals surface area contributed by atoms with Crippen molar-refractivity contribution in [3.05, 3.63) is 21.5 Å². The fraction of sp³-hybridized carbons (Fsp3) is 0.769. The van der Waals surface area contributed by atoms with Gasteiger partial charge in [0, 0.05) is 6.54 Å². The molecule has 0 saturated heterocycles. The van der Waals surface area contributed by atoms with Crippen LogP contribution >= 0.6 is 0 Å². The predicted molar refractivity (Wildman–Crippen MR) is 76.8 cm³/mol. The molecule has 0 radical (unpaired) electrons. The first-order valence-corrected chi connectivity index (χ1v) is 7.04. The maximum atomic E-state index is 10.9. The Bertz CT molecular complexity index is 445. The van der Waals surface area contributed by atoms with Gasteiger partial charge in [0.25, 0.3) is 0 Å². The van der Waals surface area contributed by atoms with E-state index in [1.807, 2.05) is 0 Å². The lowest BCUT2D eigenvalue weighted by molar-refractivity contribution is -0.386. The number of hydrogen-bond donors (Lipinski definition) is 2. The Morgan fingerprint density at radius 2 is 2.15 bits per heavy atom. The van der Waals surface area contributed by atoms with Gasteiger partial charge in [0.05, 0.1) is 17.6 Å². The van der Waals surface area contributed by atoms with Gasteiger partial charge in [0.15, 0.2) is 0 Å². The lowest BCUT2D eigenvalue weighted by atomic mass is 10.2. The fourth-order valence-corrected chi connectivity index (χ4v) is 2.16. The number of aliphatic hydroxyl groups excluding tert-OH is 1. The molecule has 0 aromatic carbocycles. The highest BCUT2D eigenvalue weighted by Crippen LogP contribution is 2.21. The van der Waals surface area contributed by atoms with Crippen molar-refractivity contribution >= 4 is 5.69 Å².